The molecule has 1 fully saturated rings. The van der Waals surface area contributed by atoms with E-state index in [1.807, 2.05) is 129 Å². The highest BCUT2D eigenvalue weighted by atomic mass is 32.1. The Balaban J connectivity index is 1.57. The Morgan fingerprint density at radius 2 is 1.40 bits per heavy atom. The summed E-state index contributed by atoms with van der Waals surface area (Å²) < 4.78 is 7.85. The van der Waals surface area contributed by atoms with E-state index in [9.17, 15) is 9.59 Å². The van der Waals surface area contributed by atoms with Crippen LogP contribution in [0.1, 0.15) is 18.1 Å². The summed E-state index contributed by atoms with van der Waals surface area (Å²) in [5.41, 5.74) is 6.93. The molecule has 1 aliphatic heterocycles. The van der Waals surface area contributed by atoms with Crippen molar-refractivity contribution in [2.24, 2.45) is 0 Å². The van der Waals surface area contributed by atoms with Crippen LogP contribution in [0.5, 0.6) is 5.75 Å². The van der Waals surface area contributed by atoms with Crippen molar-refractivity contribution in [2.45, 2.75) is 13.8 Å². The summed E-state index contributed by atoms with van der Waals surface area (Å²) in [6, 6.07) is 37.4. The first-order valence-corrected chi connectivity index (χ1v) is 14.4. The Morgan fingerprint density at radius 1 is 0.791 bits per heavy atom. The largest absolute Gasteiger partial charge is 0.494 e. The van der Waals surface area contributed by atoms with Crippen LogP contribution >= 0.6 is 12.2 Å². The third kappa shape index (κ3) is 5.50. The normalized spacial score (nSPS) is 14.2. The number of rotatable bonds is 7. The highest BCUT2D eigenvalue weighted by Gasteiger charge is 2.35. The van der Waals surface area contributed by atoms with Crippen LogP contribution in [0.3, 0.4) is 0 Å². The topological polar surface area (TPSA) is 63.6 Å². The average molecular weight is 584 g/mol. The van der Waals surface area contributed by atoms with E-state index in [0.29, 0.717) is 17.9 Å². The van der Waals surface area contributed by atoms with Crippen LogP contribution in [0.4, 0.5) is 5.69 Å². The minimum Gasteiger partial charge on any atom is -0.494 e. The Morgan fingerprint density at radius 3 is 2.02 bits per heavy atom. The minimum atomic E-state index is -0.535. The maximum atomic E-state index is 13.9. The van der Waals surface area contributed by atoms with Gasteiger partial charge in [-0.2, -0.15) is 0 Å². The lowest BCUT2D eigenvalue weighted by atomic mass is 10.0. The van der Waals surface area contributed by atoms with Gasteiger partial charge in [-0.3, -0.25) is 19.8 Å². The van der Waals surface area contributed by atoms with Crippen molar-refractivity contribution in [3.63, 3.8) is 0 Å². The SMILES string of the molecule is CCOc1ccc(-n2c(-c3ccccc3)cc(/C=C3\C(=O)NC(=S)N(c4ccc(C)cc4)C3=O)c2-c2ccccc2)cc1. The maximum absolute atomic E-state index is 13.9. The maximum Gasteiger partial charge on any atom is 0.270 e. The summed E-state index contributed by atoms with van der Waals surface area (Å²) in [6.45, 7) is 4.50. The van der Waals surface area contributed by atoms with Crippen LogP contribution < -0.4 is 15.0 Å². The van der Waals surface area contributed by atoms with Crippen LogP contribution in [-0.2, 0) is 9.59 Å². The lowest BCUT2D eigenvalue weighted by molar-refractivity contribution is -0.122. The second-order valence-corrected chi connectivity index (χ2v) is 10.5. The molecule has 7 heteroatoms. The quantitative estimate of drug-likeness (QED) is 0.124. The molecule has 1 saturated heterocycles. The Hall–Kier alpha value is -5.27. The number of benzene rings is 4. The van der Waals surface area contributed by atoms with Gasteiger partial charge in [0.15, 0.2) is 5.11 Å². The zero-order valence-corrected chi connectivity index (χ0v) is 24.6. The van der Waals surface area contributed by atoms with Gasteiger partial charge >= 0.3 is 0 Å². The van der Waals surface area contributed by atoms with Gasteiger partial charge in [0.1, 0.15) is 11.3 Å². The molecule has 0 aliphatic carbocycles. The van der Waals surface area contributed by atoms with Crippen LogP contribution in [0, 0.1) is 6.92 Å². The van der Waals surface area contributed by atoms with E-state index in [1.165, 1.54) is 4.90 Å². The number of aromatic nitrogens is 1. The third-order valence-corrected chi connectivity index (χ3v) is 7.53. The molecule has 1 aliphatic rings. The predicted octanol–water partition coefficient (Wildman–Crippen LogP) is 7.35. The Labute approximate surface area is 255 Å². The highest BCUT2D eigenvalue weighted by molar-refractivity contribution is 7.80. The number of aryl methyl sites for hydroxylation is 1. The first-order valence-electron chi connectivity index (χ1n) is 14.0. The zero-order chi connectivity index (χ0) is 29.9. The standard InChI is InChI=1S/C36H29N3O3S/c1-3-42-30-20-18-28(19-21-30)38-32(25-10-6-4-7-11-25)23-27(33(38)26-12-8-5-9-13-26)22-31-34(40)37-36(43)39(35(31)41)29-16-14-24(2)15-17-29/h4-23H,3H2,1-2H3,(H,37,40,43)/b31-22+. The molecule has 43 heavy (non-hydrogen) atoms. The molecule has 6 nitrogen and oxygen atoms in total. The molecular weight excluding hydrogens is 554 g/mol. The summed E-state index contributed by atoms with van der Waals surface area (Å²) >= 11 is 5.43. The molecule has 6 rings (SSSR count). The molecule has 0 saturated carbocycles. The van der Waals surface area contributed by atoms with Crippen molar-refractivity contribution < 1.29 is 14.3 Å². The minimum absolute atomic E-state index is 0.00480. The van der Waals surface area contributed by atoms with Crippen molar-refractivity contribution in [3.8, 4) is 34.0 Å². The van der Waals surface area contributed by atoms with Gasteiger partial charge in [0.2, 0.25) is 0 Å². The monoisotopic (exact) mass is 583 g/mol. The van der Waals surface area contributed by atoms with E-state index in [4.69, 9.17) is 17.0 Å². The van der Waals surface area contributed by atoms with Gasteiger partial charge in [-0.25, -0.2) is 0 Å². The summed E-state index contributed by atoms with van der Waals surface area (Å²) in [5.74, 6) is -0.237. The Kier molecular flexibility index (Phi) is 7.73. The van der Waals surface area contributed by atoms with Crippen LogP contribution in [0.2, 0.25) is 0 Å². The van der Waals surface area contributed by atoms with Crippen molar-refractivity contribution in [2.75, 3.05) is 11.5 Å². The summed E-state index contributed by atoms with van der Waals surface area (Å²) in [5, 5.41) is 2.77. The first kappa shape index (κ1) is 27.9. The predicted molar refractivity (Wildman–Crippen MR) is 175 cm³/mol. The van der Waals surface area contributed by atoms with E-state index < -0.39 is 11.8 Å². The molecule has 1 aromatic heterocycles. The van der Waals surface area contributed by atoms with Crippen LogP contribution in [-0.4, -0.2) is 28.1 Å². The number of ether oxygens (including phenoxy) is 1. The lowest BCUT2D eigenvalue weighted by Gasteiger charge is -2.29. The lowest BCUT2D eigenvalue weighted by Crippen LogP contribution is -2.54. The van der Waals surface area contributed by atoms with Gasteiger partial charge in [-0.15, -0.1) is 0 Å². The fourth-order valence-corrected chi connectivity index (χ4v) is 5.50. The first-order chi connectivity index (χ1) is 20.9. The number of carbonyl (C=O) groups is 2. The van der Waals surface area contributed by atoms with Crippen LogP contribution in [0.15, 0.2) is 121 Å². The van der Waals surface area contributed by atoms with Gasteiger partial charge in [0.25, 0.3) is 11.8 Å². The third-order valence-electron chi connectivity index (χ3n) is 7.25. The fraction of sp³-hybridized carbons (Fsp3) is 0.0833. The molecular formula is C36H29N3O3S. The smallest absolute Gasteiger partial charge is 0.270 e. The number of hydrogen-bond donors (Lipinski definition) is 1. The van der Waals surface area contributed by atoms with E-state index in [2.05, 4.69) is 9.88 Å². The van der Waals surface area contributed by atoms with Gasteiger partial charge in [0.05, 0.1) is 23.7 Å². The number of anilines is 1. The van der Waals surface area contributed by atoms with Crippen LogP contribution in [0.25, 0.3) is 34.3 Å². The molecule has 0 atom stereocenters. The number of carbonyl (C=O) groups excluding carboxylic acids is 2. The Bertz CT molecular complexity index is 1840. The van der Waals surface area contributed by atoms with Crippen molar-refractivity contribution in [3.05, 3.63) is 132 Å². The van der Waals surface area contributed by atoms with E-state index in [0.717, 1.165) is 39.5 Å². The number of nitrogens with one attached hydrogen (secondary N) is 1. The molecule has 4 aromatic carbocycles. The van der Waals surface area contributed by atoms with Gasteiger partial charge < -0.3 is 9.30 Å². The molecule has 0 bridgehead atoms. The van der Waals surface area contributed by atoms with Gasteiger partial charge in [-0.1, -0.05) is 78.4 Å². The van der Waals surface area contributed by atoms with Crippen molar-refractivity contribution >= 4 is 40.9 Å². The van der Waals surface area contributed by atoms with Crippen molar-refractivity contribution in [1.82, 2.24) is 9.88 Å². The number of hydrogen-bond acceptors (Lipinski definition) is 4. The van der Waals surface area contributed by atoms with E-state index >= 15 is 0 Å². The summed E-state index contributed by atoms with van der Waals surface area (Å²) in [4.78, 5) is 28.6. The molecule has 2 heterocycles. The molecule has 0 unspecified atom stereocenters. The van der Waals surface area contributed by atoms with Gasteiger partial charge in [0, 0.05) is 11.3 Å². The number of amides is 2. The number of nitrogens with zero attached hydrogens (tertiary/aromatic N) is 2. The van der Waals surface area contributed by atoms with E-state index in [1.54, 1.807) is 6.08 Å². The molecule has 5 aromatic rings. The summed E-state index contributed by atoms with van der Waals surface area (Å²) in [7, 11) is 0. The average Bonchev–Trinajstić information content (AvgIpc) is 3.41. The van der Waals surface area contributed by atoms with E-state index in [-0.39, 0.29) is 10.7 Å². The van der Waals surface area contributed by atoms with Crippen molar-refractivity contribution in [1.29, 1.82) is 0 Å². The molecule has 0 radical (unpaired) electrons. The second kappa shape index (κ2) is 11.9. The number of thiocarbonyl (C=S) groups is 1. The molecule has 0 spiro atoms. The summed E-state index contributed by atoms with van der Waals surface area (Å²) in [6.07, 6.45) is 1.67. The highest BCUT2D eigenvalue weighted by Crippen LogP contribution is 2.38. The van der Waals surface area contributed by atoms with Gasteiger partial charge in [-0.05, 0) is 85.7 Å². The second-order valence-electron chi connectivity index (χ2n) is 10.1. The fourth-order valence-electron chi connectivity index (χ4n) is 5.22. The molecule has 2 amide bonds. The zero-order valence-electron chi connectivity index (χ0n) is 23.8. The molecule has 1 N–H and O–H groups in total. The molecule has 212 valence electrons.